The van der Waals surface area contributed by atoms with Crippen molar-refractivity contribution in [2.24, 2.45) is 11.7 Å². The zero-order chi connectivity index (χ0) is 15.1. The first-order chi connectivity index (χ1) is 10.2. The first kappa shape index (κ1) is 16.4. The molecule has 1 fully saturated rings. The topological polar surface area (TPSA) is 74.2 Å². The van der Waals surface area contributed by atoms with E-state index in [0.717, 1.165) is 31.5 Å². The van der Waals surface area contributed by atoms with E-state index < -0.39 is 0 Å². The number of hydrogen-bond donors (Lipinski definition) is 1. The van der Waals surface area contributed by atoms with Crippen molar-refractivity contribution in [2.75, 3.05) is 13.2 Å². The summed E-state index contributed by atoms with van der Waals surface area (Å²) in [5, 5.41) is 4.23. The van der Waals surface area contributed by atoms with Crippen LogP contribution in [0.25, 0.3) is 0 Å². The molecule has 0 amide bonds. The molecular formula is C16H29N3O2. The van der Waals surface area contributed by atoms with Crippen LogP contribution in [0.3, 0.4) is 0 Å². The summed E-state index contributed by atoms with van der Waals surface area (Å²) in [6.07, 6.45) is 8.68. The lowest BCUT2D eigenvalue weighted by Crippen LogP contribution is -2.30. The van der Waals surface area contributed by atoms with E-state index in [1.807, 2.05) is 6.92 Å². The monoisotopic (exact) mass is 295 g/mol. The third-order valence-electron chi connectivity index (χ3n) is 4.46. The van der Waals surface area contributed by atoms with E-state index in [0.29, 0.717) is 25.0 Å². The summed E-state index contributed by atoms with van der Waals surface area (Å²) in [4.78, 5) is 4.63. The Bertz CT molecular complexity index is 411. The van der Waals surface area contributed by atoms with Crippen LogP contribution in [0.2, 0.25) is 0 Å². The van der Waals surface area contributed by atoms with E-state index in [2.05, 4.69) is 17.1 Å². The van der Waals surface area contributed by atoms with Crippen molar-refractivity contribution in [2.45, 2.75) is 70.8 Å². The number of hydrogen-bond acceptors (Lipinski definition) is 5. The van der Waals surface area contributed by atoms with Gasteiger partial charge in [-0.05, 0) is 38.6 Å². The molecule has 1 heterocycles. The maximum absolute atomic E-state index is 6.09. The van der Waals surface area contributed by atoms with Gasteiger partial charge in [-0.25, -0.2) is 0 Å². The van der Waals surface area contributed by atoms with Gasteiger partial charge < -0.3 is 15.0 Å². The van der Waals surface area contributed by atoms with Crippen molar-refractivity contribution in [3.05, 3.63) is 11.7 Å². The summed E-state index contributed by atoms with van der Waals surface area (Å²) < 4.78 is 11.5. The normalized spacial score (nSPS) is 20.1. The van der Waals surface area contributed by atoms with Crippen LogP contribution in [-0.4, -0.2) is 23.3 Å². The van der Waals surface area contributed by atoms with Crippen molar-refractivity contribution < 1.29 is 9.26 Å². The molecule has 2 N–H and O–H groups in total. The molecular weight excluding hydrogens is 266 g/mol. The van der Waals surface area contributed by atoms with E-state index >= 15 is 0 Å². The number of nitrogens with two attached hydrogens (primary N) is 1. The highest BCUT2D eigenvalue weighted by molar-refractivity contribution is 5.03. The number of ether oxygens (including phenoxy) is 1. The van der Waals surface area contributed by atoms with Crippen LogP contribution in [0.1, 0.15) is 70.5 Å². The highest BCUT2D eigenvalue weighted by Crippen LogP contribution is 2.38. The molecule has 2 rings (SSSR count). The second-order valence-electron chi connectivity index (χ2n) is 6.23. The first-order valence-corrected chi connectivity index (χ1v) is 8.37. The molecule has 0 saturated heterocycles. The Labute approximate surface area is 127 Å². The Hall–Kier alpha value is -0.940. The number of rotatable bonds is 7. The lowest BCUT2D eigenvalue weighted by Gasteiger charge is -2.29. The SMILES string of the molecule is CCOC1(c2noc(CCC(C)CN)n2)CCCCCC1. The lowest BCUT2D eigenvalue weighted by molar-refractivity contribution is -0.0636. The molecule has 5 nitrogen and oxygen atoms in total. The molecule has 0 aliphatic heterocycles. The van der Waals surface area contributed by atoms with E-state index in [4.69, 9.17) is 15.0 Å². The van der Waals surface area contributed by atoms with Gasteiger partial charge in [-0.15, -0.1) is 0 Å². The van der Waals surface area contributed by atoms with Crippen molar-refractivity contribution >= 4 is 0 Å². The predicted molar refractivity (Wildman–Crippen MR) is 81.8 cm³/mol. The molecule has 120 valence electrons. The molecule has 1 aromatic heterocycles. The molecule has 0 radical (unpaired) electrons. The summed E-state index contributed by atoms with van der Waals surface area (Å²) in [5.74, 6) is 1.95. The van der Waals surface area contributed by atoms with Gasteiger partial charge in [0.05, 0.1) is 0 Å². The summed E-state index contributed by atoms with van der Waals surface area (Å²) >= 11 is 0. The Morgan fingerprint density at radius 2 is 2.00 bits per heavy atom. The average molecular weight is 295 g/mol. The molecule has 0 spiro atoms. The van der Waals surface area contributed by atoms with Gasteiger partial charge in [0.15, 0.2) is 0 Å². The van der Waals surface area contributed by atoms with Gasteiger partial charge in [0, 0.05) is 13.0 Å². The fourth-order valence-electron chi connectivity index (χ4n) is 3.04. The van der Waals surface area contributed by atoms with Crippen molar-refractivity contribution in [1.29, 1.82) is 0 Å². The molecule has 1 saturated carbocycles. The third kappa shape index (κ3) is 4.27. The van der Waals surface area contributed by atoms with E-state index in [-0.39, 0.29) is 5.60 Å². The van der Waals surface area contributed by atoms with Crippen LogP contribution in [0.5, 0.6) is 0 Å². The number of nitrogens with zero attached hydrogens (tertiary/aromatic N) is 2. The third-order valence-corrected chi connectivity index (χ3v) is 4.46. The fourth-order valence-corrected chi connectivity index (χ4v) is 3.04. The molecule has 1 unspecified atom stereocenters. The Morgan fingerprint density at radius 1 is 1.29 bits per heavy atom. The predicted octanol–water partition coefficient (Wildman–Crippen LogP) is 3.18. The van der Waals surface area contributed by atoms with Gasteiger partial charge in [-0.2, -0.15) is 4.98 Å². The molecule has 21 heavy (non-hydrogen) atoms. The molecule has 0 bridgehead atoms. The van der Waals surface area contributed by atoms with E-state index in [1.54, 1.807) is 0 Å². The van der Waals surface area contributed by atoms with Gasteiger partial charge >= 0.3 is 0 Å². The Morgan fingerprint density at radius 3 is 2.62 bits per heavy atom. The van der Waals surface area contributed by atoms with Crippen LogP contribution in [0, 0.1) is 5.92 Å². The van der Waals surface area contributed by atoms with Gasteiger partial charge in [-0.1, -0.05) is 37.8 Å². The van der Waals surface area contributed by atoms with Gasteiger partial charge in [0.1, 0.15) is 5.60 Å². The minimum atomic E-state index is -0.327. The summed E-state index contributed by atoms with van der Waals surface area (Å²) in [6.45, 7) is 5.57. The van der Waals surface area contributed by atoms with Crippen LogP contribution >= 0.6 is 0 Å². The standard InChI is InChI=1S/C16H29N3O2/c1-3-20-16(10-6-4-5-7-11-16)15-18-14(21-19-15)9-8-13(2)12-17/h13H,3-12,17H2,1-2H3. The van der Waals surface area contributed by atoms with Gasteiger partial charge in [-0.3, -0.25) is 0 Å². The molecule has 1 aliphatic rings. The van der Waals surface area contributed by atoms with Crippen molar-refractivity contribution in [3.63, 3.8) is 0 Å². The molecule has 0 aromatic carbocycles. The van der Waals surface area contributed by atoms with Crippen molar-refractivity contribution in [3.8, 4) is 0 Å². The van der Waals surface area contributed by atoms with E-state index in [9.17, 15) is 0 Å². The average Bonchev–Trinajstić information content (AvgIpc) is 2.85. The van der Waals surface area contributed by atoms with Crippen molar-refractivity contribution in [1.82, 2.24) is 10.1 Å². The second-order valence-corrected chi connectivity index (χ2v) is 6.23. The molecule has 1 atom stereocenters. The summed E-state index contributed by atoms with van der Waals surface area (Å²) in [5.41, 5.74) is 5.32. The highest BCUT2D eigenvalue weighted by Gasteiger charge is 2.38. The van der Waals surface area contributed by atoms with Crippen LogP contribution in [-0.2, 0) is 16.8 Å². The number of aryl methyl sites for hydroxylation is 1. The second kappa shape index (κ2) is 7.90. The summed E-state index contributed by atoms with van der Waals surface area (Å²) in [6, 6.07) is 0. The van der Waals surface area contributed by atoms with Crippen LogP contribution in [0.15, 0.2) is 4.52 Å². The maximum atomic E-state index is 6.09. The van der Waals surface area contributed by atoms with Gasteiger partial charge in [0.25, 0.3) is 0 Å². The quantitative estimate of drug-likeness (QED) is 0.782. The molecule has 5 heteroatoms. The molecule has 1 aliphatic carbocycles. The first-order valence-electron chi connectivity index (χ1n) is 8.37. The van der Waals surface area contributed by atoms with Crippen LogP contribution < -0.4 is 5.73 Å². The lowest BCUT2D eigenvalue weighted by atomic mass is 9.93. The largest absolute Gasteiger partial charge is 0.367 e. The smallest absolute Gasteiger partial charge is 0.226 e. The number of aromatic nitrogens is 2. The highest BCUT2D eigenvalue weighted by atomic mass is 16.5. The van der Waals surface area contributed by atoms with Gasteiger partial charge in [0.2, 0.25) is 11.7 Å². The van der Waals surface area contributed by atoms with Crippen LogP contribution in [0.4, 0.5) is 0 Å². The van der Waals surface area contributed by atoms with E-state index in [1.165, 1.54) is 25.7 Å². The Kier molecular flexibility index (Phi) is 6.18. The summed E-state index contributed by atoms with van der Waals surface area (Å²) in [7, 11) is 0. The minimum absolute atomic E-state index is 0.327. The fraction of sp³-hybridized carbons (Fsp3) is 0.875. The zero-order valence-electron chi connectivity index (χ0n) is 13.4. The Balaban J connectivity index is 2.08. The maximum Gasteiger partial charge on any atom is 0.226 e. The minimum Gasteiger partial charge on any atom is -0.367 e. The molecule has 1 aromatic rings. The zero-order valence-corrected chi connectivity index (χ0v) is 13.4.